The second-order valence-electron chi connectivity index (χ2n) is 9.94. The number of ketones is 1. The first-order valence-electron chi connectivity index (χ1n) is 10.9. The van der Waals surface area contributed by atoms with E-state index >= 15 is 0 Å². The second kappa shape index (κ2) is 7.56. The molecular formula is C23H22F4N4O2. The van der Waals surface area contributed by atoms with Crippen LogP contribution in [0.4, 0.5) is 17.6 Å². The zero-order chi connectivity index (χ0) is 23.4. The zero-order valence-electron chi connectivity index (χ0n) is 17.7. The molecule has 0 aromatic carbocycles. The summed E-state index contributed by atoms with van der Waals surface area (Å²) in [5, 5.41) is 3.05. The van der Waals surface area contributed by atoms with E-state index in [1.807, 2.05) is 0 Å². The molecule has 33 heavy (non-hydrogen) atoms. The van der Waals surface area contributed by atoms with Gasteiger partial charge in [0.15, 0.2) is 11.5 Å². The van der Waals surface area contributed by atoms with Crippen LogP contribution in [0.1, 0.15) is 71.6 Å². The number of pyridine rings is 1. The maximum absolute atomic E-state index is 13.2. The molecular weight excluding hydrogens is 440 g/mol. The lowest BCUT2D eigenvalue weighted by Gasteiger charge is -2.62. The Balaban J connectivity index is 1.34. The molecule has 2 heterocycles. The van der Waals surface area contributed by atoms with Gasteiger partial charge in [0.25, 0.3) is 5.91 Å². The summed E-state index contributed by atoms with van der Waals surface area (Å²) in [6, 6.07) is 2.60. The number of nitrogens with one attached hydrogen (secondary N) is 1. The molecule has 6 rings (SSSR count). The summed E-state index contributed by atoms with van der Waals surface area (Å²) in [7, 11) is 0. The molecule has 0 radical (unpaired) electrons. The minimum atomic E-state index is -4.62. The minimum absolute atomic E-state index is 0.146. The number of aromatic nitrogens is 3. The Morgan fingerprint density at radius 1 is 0.970 bits per heavy atom. The number of rotatable bonds is 5. The molecule has 4 aliphatic rings. The van der Waals surface area contributed by atoms with Crippen LogP contribution in [0.15, 0.2) is 30.7 Å². The van der Waals surface area contributed by atoms with Gasteiger partial charge in [0.1, 0.15) is 17.2 Å². The minimum Gasteiger partial charge on any atom is -0.345 e. The number of alkyl halides is 3. The van der Waals surface area contributed by atoms with E-state index in [9.17, 15) is 27.2 Å². The van der Waals surface area contributed by atoms with Crippen molar-refractivity contribution in [3.8, 4) is 0 Å². The molecule has 174 valence electrons. The molecule has 0 spiro atoms. The predicted octanol–water partition coefficient (Wildman–Crippen LogP) is 4.37. The highest BCUT2D eigenvalue weighted by Gasteiger charge is 2.58. The van der Waals surface area contributed by atoms with Crippen molar-refractivity contribution in [3.63, 3.8) is 0 Å². The fraction of sp³-hybridized carbons (Fsp3) is 0.522. The van der Waals surface area contributed by atoms with E-state index in [1.165, 1.54) is 12.1 Å². The molecule has 4 aliphatic carbocycles. The van der Waals surface area contributed by atoms with Crippen LogP contribution in [0, 0.1) is 23.1 Å². The van der Waals surface area contributed by atoms with Crippen molar-refractivity contribution in [1.29, 1.82) is 0 Å². The molecule has 2 aromatic heterocycles. The first kappa shape index (κ1) is 21.9. The van der Waals surface area contributed by atoms with Crippen LogP contribution in [-0.2, 0) is 6.18 Å². The van der Waals surface area contributed by atoms with Crippen LogP contribution >= 0.6 is 0 Å². The summed E-state index contributed by atoms with van der Waals surface area (Å²) in [4.78, 5) is 36.7. The van der Waals surface area contributed by atoms with Crippen LogP contribution in [0.25, 0.3) is 0 Å². The average molecular weight is 462 g/mol. The van der Waals surface area contributed by atoms with Crippen molar-refractivity contribution in [2.24, 2.45) is 17.3 Å². The number of halogens is 4. The van der Waals surface area contributed by atoms with Gasteiger partial charge in [-0.05, 0) is 67.9 Å². The third-order valence-corrected chi connectivity index (χ3v) is 7.28. The Kier molecular flexibility index (Phi) is 5.02. The van der Waals surface area contributed by atoms with Gasteiger partial charge in [0, 0.05) is 12.0 Å². The standard InChI is InChI=1S/C23H22F4N4O2/c24-15-1-2-16(28-9-15)18(32)8-21-4-13-3-14(5-21)7-22(6-13,12-21)31-20(33)17-10-30-19(11-29-17)23(25,26)27/h1-2,9-11,13-14H,3-8,12H2,(H,31,33). The number of carbonyl (C=O) groups excluding carboxylic acids is 2. The van der Waals surface area contributed by atoms with Crippen LogP contribution < -0.4 is 5.32 Å². The highest BCUT2D eigenvalue weighted by atomic mass is 19.4. The Morgan fingerprint density at radius 2 is 1.67 bits per heavy atom. The number of Topliss-reactive ketones (excluding diaryl/α,β-unsaturated/α-hetero) is 1. The van der Waals surface area contributed by atoms with Crippen LogP contribution in [0.3, 0.4) is 0 Å². The zero-order valence-corrected chi connectivity index (χ0v) is 17.7. The van der Waals surface area contributed by atoms with Gasteiger partial charge in [-0.15, -0.1) is 0 Å². The SMILES string of the molecule is O=C(CC12CC3CC(C1)CC(NC(=O)c1cnc(C(F)(F)F)cn1)(C3)C2)c1ccc(F)cn1. The third kappa shape index (κ3) is 4.22. The summed E-state index contributed by atoms with van der Waals surface area (Å²) < 4.78 is 51.4. The van der Waals surface area contributed by atoms with E-state index in [-0.39, 0.29) is 29.0 Å². The maximum Gasteiger partial charge on any atom is 0.434 e. The topological polar surface area (TPSA) is 84.8 Å². The van der Waals surface area contributed by atoms with Crippen LogP contribution in [-0.4, -0.2) is 32.2 Å². The lowest BCUT2D eigenvalue weighted by Crippen LogP contribution is -2.63. The van der Waals surface area contributed by atoms with Crippen molar-refractivity contribution in [3.05, 3.63) is 53.6 Å². The summed E-state index contributed by atoms with van der Waals surface area (Å²) in [6.45, 7) is 0. The molecule has 4 saturated carbocycles. The molecule has 2 unspecified atom stereocenters. The highest BCUT2D eigenvalue weighted by Crippen LogP contribution is 2.63. The number of nitrogens with zero attached hydrogens (tertiary/aromatic N) is 3. The Labute approximate surface area is 187 Å². The van der Waals surface area contributed by atoms with Crippen LogP contribution in [0.5, 0.6) is 0 Å². The van der Waals surface area contributed by atoms with E-state index in [0.717, 1.165) is 44.5 Å². The van der Waals surface area contributed by atoms with E-state index in [4.69, 9.17) is 0 Å². The molecule has 4 bridgehead atoms. The molecule has 0 saturated heterocycles. The quantitative estimate of drug-likeness (QED) is 0.527. The molecule has 1 N–H and O–H groups in total. The van der Waals surface area contributed by atoms with Gasteiger partial charge in [-0.3, -0.25) is 14.6 Å². The number of amides is 1. The molecule has 10 heteroatoms. The lowest BCUT2D eigenvalue weighted by atomic mass is 9.46. The summed E-state index contributed by atoms with van der Waals surface area (Å²) >= 11 is 0. The molecule has 1 amide bonds. The average Bonchev–Trinajstić information content (AvgIpc) is 2.72. The smallest absolute Gasteiger partial charge is 0.345 e. The van der Waals surface area contributed by atoms with E-state index in [2.05, 4.69) is 20.3 Å². The van der Waals surface area contributed by atoms with Crippen molar-refractivity contribution in [2.45, 2.75) is 56.7 Å². The Morgan fingerprint density at radius 3 is 2.24 bits per heavy atom. The first-order chi connectivity index (χ1) is 15.5. The predicted molar refractivity (Wildman–Crippen MR) is 107 cm³/mol. The van der Waals surface area contributed by atoms with Crippen molar-refractivity contribution in [2.75, 3.05) is 0 Å². The lowest BCUT2D eigenvalue weighted by molar-refractivity contribution is -0.141. The van der Waals surface area contributed by atoms with Crippen LogP contribution in [0.2, 0.25) is 0 Å². The third-order valence-electron chi connectivity index (χ3n) is 7.28. The summed E-state index contributed by atoms with van der Waals surface area (Å²) in [5.41, 5.74) is -1.90. The van der Waals surface area contributed by atoms with Gasteiger partial charge < -0.3 is 5.32 Å². The molecule has 4 fully saturated rings. The number of hydrogen-bond donors (Lipinski definition) is 1. The van der Waals surface area contributed by atoms with E-state index in [1.54, 1.807) is 0 Å². The molecule has 6 nitrogen and oxygen atoms in total. The maximum atomic E-state index is 13.2. The van der Waals surface area contributed by atoms with Crippen molar-refractivity contribution in [1.82, 2.24) is 20.3 Å². The highest BCUT2D eigenvalue weighted by molar-refractivity contribution is 5.95. The van der Waals surface area contributed by atoms with Gasteiger partial charge in [-0.25, -0.2) is 14.4 Å². The van der Waals surface area contributed by atoms with Crippen molar-refractivity contribution < 1.29 is 27.2 Å². The van der Waals surface area contributed by atoms with Crippen molar-refractivity contribution >= 4 is 11.7 Å². The van der Waals surface area contributed by atoms with Gasteiger partial charge in [-0.2, -0.15) is 13.2 Å². The normalized spacial score (nSPS) is 30.3. The Bertz CT molecular complexity index is 1070. The fourth-order valence-electron chi connectivity index (χ4n) is 6.67. The summed E-state index contributed by atoms with van der Waals surface area (Å²) in [6.07, 6.45) is 3.05. The first-order valence-corrected chi connectivity index (χ1v) is 10.9. The number of carbonyl (C=O) groups is 2. The van der Waals surface area contributed by atoms with E-state index in [0.29, 0.717) is 24.5 Å². The fourth-order valence-corrected chi connectivity index (χ4v) is 6.67. The van der Waals surface area contributed by atoms with E-state index < -0.39 is 29.1 Å². The largest absolute Gasteiger partial charge is 0.434 e. The monoisotopic (exact) mass is 462 g/mol. The van der Waals surface area contributed by atoms with Gasteiger partial charge in [0.05, 0.1) is 18.6 Å². The van der Waals surface area contributed by atoms with Gasteiger partial charge in [0.2, 0.25) is 0 Å². The molecule has 2 atom stereocenters. The Hall–Kier alpha value is -2.91. The second-order valence-corrected chi connectivity index (χ2v) is 9.94. The molecule has 0 aliphatic heterocycles. The summed E-state index contributed by atoms with van der Waals surface area (Å²) in [5.74, 6) is -0.486. The molecule has 2 aromatic rings. The number of hydrogen-bond acceptors (Lipinski definition) is 5. The van der Waals surface area contributed by atoms with Gasteiger partial charge in [-0.1, -0.05) is 0 Å². The van der Waals surface area contributed by atoms with Gasteiger partial charge >= 0.3 is 6.18 Å².